The average molecular weight is 420 g/mol. The predicted octanol–water partition coefficient (Wildman–Crippen LogP) is 5.22. The van der Waals surface area contributed by atoms with Gasteiger partial charge < -0.3 is 14.4 Å². The van der Waals surface area contributed by atoms with Gasteiger partial charge in [0.2, 0.25) is 0 Å². The lowest BCUT2D eigenvalue weighted by atomic mass is 9.95. The van der Waals surface area contributed by atoms with E-state index in [1.807, 2.05) is 67.3 Å². The van der Waals surface area contributed by atoms with Crippen LogP contribution in [0.25, 0.3) is 11.3 Å². The van der Waals surface area contributed by atoms with Crippen LogP contribution in [0.2, 0.25) is 0 Å². The zero-order chi connectivity index (χ0) is 21.8. The maximum absolute atomic E-state index is 13.3. The standard InChI is InChI=1S/C25H29N3O3/c1-4-7-15-28-24(18-13-14-19(30-5-2)20(16-18)31-6-3)21-22(17-11-9-8-10-12-17)26-27-23(21)25(28)29/h8-14,16,24H,4-7,15H2,1-3H3,(H,26,27). The Hall–Kier alpha value is -3.28. The van der Waals surface area contributed by atoms with Crippen LogP contribution in [0.4, 0.5) is 0 Å². The topological polar surface area (TPSA) is 67.5 Å². The first-order chi connectivity index (χ1) is 15.2. The Morgan fingerprint density at radius 3 is 2.45 bits per heavy atom. The molecule has 1 aliphatic heterocycles. The van der Waals surface area contributed by atoms with Crippen molar-refractivity contribution in [2.24, 2.45) is 0 Å². The molecule has 3 aromatic rings. The molecule has 0 saturated heterocycles. The van der Waals surface area contributed by atoms with Crippen LogP contribution in [0.1, 0.15) is 61.3 Å². The van der Waals surface area contributed by atoms with E-state index in [4.69, 9.17) is 9.47 Å². The molecule has 1 amide bonds. The van der Waals surface area contributed by atoms with E-state index in [1.165, 1.54) is 0 Å². The second-order valence-corrected chi connectivity index (χ2v) is 7.55. The third kappa shape index (κ3) is 3.90. The van der Waals surface area contributed by atoms with Crippen LogP contribution in [-0.4, -0.2) is 40.8 Å². The van der Waals surface area contributed by atoms with Crippen LogP contribution in [0.15, 0.2) is 48.5 Å². The fourth-order valence-electron chi connectivity index (χ4n) is 4.16. The number of nitrogens with one attached hydrogen (secondary N) is 1. The molecule has 1 N–H and O–H groups in total. The summed E-state index contributed by atoms with van der Waals surface area (Å²) in [6, 6.07) is 15.7. The monoisotopic (exact) mass is 419 g/mol. The Morgan fingerprint density at radius 2 is 1.74 bits per heavy atom. The summed E-state index contributed by atoms with van der Waals surface area (Å²) < 4.78 is 11.6. The largest absolute Gasteiger partial charge is 0.490 e. The highest BCUT2D eigenvalue weighted by Gasteiger charge is 2.42. The quantitative estimate of drug-likeness (QED) is 0.516. The lowest BCUT2D eigenvalue weighted by Crippen LogP contribution is -2.30. The van der Waals surface area contributed by atoms with Crippen molar-refractivity contribution in [1.29, 1.82) is 0 Å². The van der Waals surface area contributed by atoms with E-state index in [-0.39, 0.29) is 11.9 Å². The van der Waals surface area contributed by atoms with Crippen LogP contribution in [0.5, 0.6) is 11.5 Å². The van der Waals surface area contributed by atoms with Crippen LogP contribution < -0.4 is 9.47 Å². The van der Waals surface area contributed by atoms with Gasteiger partial charge in [-0.2, -0.15) is 5.10 Å². The van der Waals surface area contributed by atoms with Crippen molar-refractivity contribution in [2.75, 3.05) is 19.8 Å². The van der Waals surface area contributed by atoms with Gasteiger partial charge >= 0.3 is 0 Å². The highest BCUT2D eigenvalue weighted by atomic mass is 16.5. The van der Waals surface area contributed by atoms with Crippen molar-refractivity contribution >= 4 is 5.91 Å². The summed E-state index contributed by atoms with van der Waals surface area (Å²) >= 11 is 0. The first-order valence-electron chi connectivity index (χ1n) is 11.0. The molecule has 4 rings (SSSR count). The Bertz CT molecular complexity index is 1050. The summed E-state index contributed by atoms with van der Waals surface area (Å²) in [4.78, 5) is 15.3. The van der Waals surface area contributed by atoms with Gasteiger partial charge in [-0.3, -0.25) is 9.89 Å². The number of benzene rings is 2. The number of aromatic amines is 1. The van der Waals surface area contributed by atoms with E-state index in [1.54, 1.807) is 0 Å². The maximum atomic E-state index is 13.3. The first kappa shape index (κ1) is 21.0. The normalized spacial score (nSPS) is 15.3. The molecular formula is C25H29N3O3. The van der Waals surface area contributed by atoms with Crippen molar-refractivity contribution in [3.05, 3.63) is 65.4 Å². The number of rotatable bonds is 9. The summed E-state index contributed by atoms with van der Waals surface area (Å²) in [5.74, 6) is 1.41. The zero-order valence-corrected chi connectivity index (χ0v) is 18.4. The Kier molecular flexibility index (Phi) is 6.26. The molecule has 1 aliphatic rings. The third-order valence-electron chi connectivity index (χ3n) is 5.55. The van der Waals surface area contributed by atoms with Gasteiger partial charge in [0, 0.05) is 17.7 Å². The van der Waals surface area contributed by atoms with E-state index in [0.717, 1.165) is 35.2 Å². The van der Waals surface area contributed by atoms with Gasteiger partial charge in [-0.1, -0.05) is 49.7 Å². The number of unbranched alkanes of at least 4 members (excludes halogenated alkanes) is 1. The number of fused-ring (bicyclic) bond motifs is 1. The van der Waals surface area contributed by atoms with Crippen LogP contribution in [0.3, 0.4) is 0 Å². The minimum atomic E-state index is -0.224. The number of nitrogens with zero attached hydrogens (tertiary/aromatic N) is 2. The van der Waals surface area contributed by atoms with Gasteiger partial charge in [-0.25, -0.2) is 0 Å². The van der Waals surface area contributed by atoms with E-state index in [2.05, 4.69) is 17.1 Å². The van der Waals surface area contributed by atoms with Gasteiger partial charge in [-0.05, 0) is 38.0 Å². The molecule has 2 aromatic carbocycles. The molecular weight excluding hydrogens is 390 g/mol. The number of hydrogen-bond acceptors (Lipinski definition) is 4. The van der Waals surface area contributed by atoms with Crippen LogP contribution >= 0.6 is 0 Å². The molecule has 0 saturated carbocycles. The molecule has 0 fully saturated rings. The molecule has 31 heavy (non-hydrogen) atoms. The molecule has 0 bridgehead atoms. The minimum Gasteiger partial charge on any atom is -0.490 e. The fourth-order valence-corrected chi connectivity index (χ4v) is 4.16. The molecule has 0 spiro atoms. The Balaban J connectivity index is 1.84. The van der Waals surface area contributed by atoms with Gasteiger partial charge in [0.15, 0.2) is 11.5 Å². The number of amides is 1. The maximum Gasteiger partial charge on any atom is 0.273 e. The predicted molar refractivity (Wildman–Crippen MR) is 121 cm³/mol. The molecule has 0 aliphatic carbocycles. The number of carbonyl (C=O) groups is 1. The van der Waals surface area contributed by atoms with E-state index < -0.39 is 0 Å². The molecule has 1 aromatic heterocycles. The van der Waals surface area contributed by atoms with Crippen molar-refractivity contribution in [2.45, 2.75) is 39.7 Å². The Morgan fingerprint density at radius 1 is 1.00 bits per heavy atom. The highest BCUT2D eigenvalue weighted by Crippen LogP contribution is 2.44. The molecule has 6 heteroatoms. The van der Waals surface area contributed by atoms with Crippen molar-refractivity contribution in [3.8, 4) is 22.8 Å². The average Bonchev–Trinajstić information content (AvgIpc) is 3.33. The second kappa shape index (κ2) is 9.25. The molecule has 1 unspecified atom stereocenters. The summed E-state index contributed by atoms with van der Waals surface area (Å²) in [6.45, 7) is 7.84. The lowest BCUT2D eigenvalue weighted by Gasteiger charge is -2.27. The minimum absolute atomic E-state index is 0.00465. The molecule has 2 heterocycles. The fraction of sp³-hybridized carbons (Fsp3) is 0.360. The third-order valence-corrected chi connectivity index (χ3v) is 5.55. The van der Waals surface area contributed by atoms with Gasteiger partial charge in [0.05, 0.1) is 24.9 Å². The van der Waals surface area contributed by atoms with Gasteiger partial charge in [-0.15, -0.1) is 0 Å². The number of ether oxygens (including phenoxy) is 2. The summed E-state index contributed by atoms with van der Waals surface area (Å²) in [5, 5.41) is 7.54. The van der Waals surface area contributed by atoms with E-state index in [0.29, 0.717) is 37.0 Å². The Labute approximate surface area is 183 Å². The van der Waals surface area contributed by atoms with Crippen molar-refractivity contribution in [1.82, 2.24) is 15.1 Å². The molecule has 1 atom stereocenters. The SMILES string of the molecule is CCCCN1C(=O)c2[nH]nc(-c3ccccc3)c2C1c1ccc(OCC)c(OCC)c1. The summed E-state index contributed by atoms with van der Waals surface area (Å²) in [6.07, 6.45) is 1.96. The van der Waals surface area contributed by atoms with E-state index >= 15 is 0 Å². The molecule has 0 radical (unpaired) electrons. The smallest absolute Gasteiger partial charge is 0.273 e. The number of carbonyl (C=O) groups excluding carboxylic acids is 1. The van der Waals surface area contributed by atoms with Crippen molar-refractivity contribution in [3.63, 3.8) is 0 Å². The first-order valence-corrected chi connectivity index (χ1v) is 11.0. The number of aromatic nitrogens is 2. The van der Waals surface area contributed by atoms with Gasteiger partial charge in [0.1, 0.15) is 5.69 Å². The van der Waals surface area contributed by atoms with E-state index in [9.17, 15) is 4.79 Å². The van der Waals surface area contributed by atoms with Crippen LogP contribution in [0, 0.1) is 0 Å². The number of H-pyrrole nitrogens is 1. The highest BCUT2D eigenvalue weighted by molar-refractivity contribution is 6.00. The van der Waals surface area contributed by atoms with Crippen molar-refractivity contribution < 1.29 is 14.3 Å². The summed E-state index contributed by atoms with van der Waals surface area (Å²) in [5.41, 5.74) is 4.31. The number of hydrogen-bond donors (Lipinski definition) is 1. The van der Waals surface area contributed by atoms with Gasteiger partial charge in [0.25, 0.3) is 5.91 Å². The summed E-state index contributed by atoms with van der Waals surface area (Å²) in [7, 11) is 0. The van der Waals surface area contributed by atoms with Crippen LogP contribution in [-0.2, 0) is 0 Å². The second-order valence-electron chi connectivity index (χ2n) is 7.55. The molecule has 6 nitrogen and oxygen atoms in total. The zero-order valence-electron chi connectivity index (χ0n) is 18.4. The molecule has 162 valence electrons. The lowest BCUT2D eigenvalue weighted by molar-refractivity contribution is 0.0741.